The van der Waals surface area contributed by atoms with E-state index in [1.165, 1.54) is 16.8 Å². The van der Waals surface area contributed by atoms with E-state index in [2.05, 4.69) is 59.0 Å². The zero-order valence-corrected chi connectivity index (χ0v) is 20.1. The molecule has 2 aliphatic rings. The second kappa shape index (κ2) is 8.87. The number of anilines is 2. The normalized spacial score (nSPS) is 16.5. The van der Waals surface area contributed by atoms with Crippen molar-refractivity contribution in [2.45, 2.75) is 66.0 Å². The fourth-order valence-electron chi connectivity index (χ4n) is 5.06. The molecule has 2 N–H and O–H groups in total. The van der Waals surface area contributed by atoms with E-state index in [1.54, 1.807) is 0 Å². The van der Waals surface area contributed by atoms with Gasteiger partial charge in [-0.05, 0) is 60.4 Å². The first-order valence-electron chi connectivity index (χ1n) is 12.1. The van der Waals surface area contributed by atoms with Gasteiger partial charge in [-0.2, -0.15) is 10.1 Å². The van der Waals surface area contributed by atoms with E-state index in [1.807, 2.05) is 0 Å². The van der Waals surface area contributed by atoms with Gasteiger partial charge in [0.1, 0.15) is 0 Å². The minimum Gasteiger partial charge on any atom is -0.481 e. The predicted molar refractivity (Wildman–Crippen MR) is 128 cm³/mol. The summed E-state index contributed by atoms with van der Waals surface area (Å²) in [6.07, 6.45) is 4.13. The molecule has 0 radical (unpaired) electrons. The van der Waals surface area contributed by atoms with Crippen molar-refractivity contribution in [1.82, 2.24) is 25.2 Å². The van der Waals surface area contributed by atoms with Crippen LogP contribution in [0.4, 0.5) is 11.6 Å². The van der Waals surface area contributed by atoms with E-state index in [9.17, 15) is 4.79 Å². The Morgan fingerprint density at radius 2 is 2.15 bits per heavy atom. The van der Waals surface area contributed by atoms with Crippen molar-refractivity contribution in [3.05, 3.63) is 40.6 Å². The summed E-state index contributed by atoms with van der Waals surface area (Å²) in [7, 11) is 0. The minimum atomic E-state index is -0.789. The number of benzene rings is 1. The highest BCUT2D eigenvalue weighted by atomic mass is 16.5. The van der Waals surface area contributed by atoms with Gasteiger partial charge >= 0.3 is 5.97 Å². The molecule has 180 valence electrons. The van der Waals surface area contributed by atoms with Gasteiger partial charge in [-0.15, -0.1) is 0 Å². The predicted octanol–water partition coefficient (Wildman–Crippen LogP) is 3.73. The molecule has 3 aromatic rings. The number of nitrogens with zero attached hydrogens (tertiary/aromatic N) is 5. The molecule has 1 aliphatic heterocycles. The van der Waals surface area contributed by atoms with E-state index in [0.717, 1.165) is 55.7 Å². The lowest BCUT2D eigenvalue weighted by Crippen LogP contribution is -2.24. The molecule has 9 heteroatoms. The van der Waals surface area contributed by atoms with E-state index in [0.29, 0.717) is 24.9 Å². The first kappa shape index (κ1) is 22.6. The molecule has 5 rings (SSSR count). The van der Waals surface area contributed by atoms with Crippen molar-refractivity contribution < 1.29 is 14.4 Å². The van der Waals surface area contributed by atoms with Gasteiger partial charge in [0.05, 0.1) is 6.42 Å². The summed E-state index contributed by atoms with van der Waals surface area (Å²) in [6.45, 7) is 9.47. The Balaban J connectivity index is 1.34. The number of aliphatic carboxylic acids is 1. The van der Waals surface area contributed by atoms with Crippen molar-refractivity contribution in [3.8, 4) is 11.6 Å². The lowest BCUT2D eigenvalue weighted by atomic mass is 9.76. The van der Waals surface area contributed by atoms with Crippen molar-refractivity contribution in [2.24, 2.45) is 5.41 Å². The summed E-state index contributed by atoms with van der Waals surface area (Å²) in [6, 6.07) is 6.32. The number of hydrogen-bond acceptors (Lipinski definition) is 7. The summed E-state index contributed by atoms with van der Waals surface area (Å²) in [5, 5.41) is 21.1. The van der Waals surface area contributed by atoms with Crippen LogP contribution in [0, 0.1) is 5.41 Å². The Morgan fingerprint density at radius 3 is 2.94 bits per heavy atom. The monoisotopic (exact) mass is 464 g/mol. The highest BCUT2D eigenvalue weighted by Gasteiger charge is 2.33. The number of carbonyl (C=O) groups is 1. The smallest absolute Gasteiger partial charge is 0.304 e. The topological polar surface area (TPSA) is 109 Å². The van der Waals surface area contributed by atoms with Gasteiger partial charge in [-0.3, -0.25) is 9.48 Å². The average molecular weight is 465 g/mol. The summed E-state index contributed by atoms with van der Waals surface area (Å²) in [5.74, 6) is 0.269. The first-order chi connectivity index (χ1) is 16.3. The molecule has 0 amide bonds. The van der Waals surface area contributed by atoms with Crippen molar-refractivity contribution in [3.63, 3.8) is 0 Å². The second-order valence-electron chi connectivity index (χ2n) is 10.0. The molecule has 1 aromatic carbocycles. The fourth-order valence-corrected chi connectivity index (χ4v) is 5.06. The third kappa shape index (κ3) is 4.32. The van der Waals surface area contributed by atoms with Gasteiger partial charge in [-0.1, -0.05) is 26.0 Å². The molecular weight excluding hydrogens is 432 g/mol. The van der Waals surface area contributed by atoms with Crippen LogP contribution < -0.4 is 10.2 Å². The lowest BCUT2D eigenvalue weighted by Gasteiger charge is -2.30. The number of aryl methyl sites for hydroxylation is 1. The Hall–Kier alpha value is -3.20. The molecule has 0 spiro atoms. The van der Waals surface area contributed by atoms with Gasteiger partial charge in [0, 0.05) is 43.1 Å². The molecule has 0 fully saturated rings. The van der Waals surface area contributed by atoms with Crippen LogP contribution in [0.5, 0.6) is 0 Å². The Labute approximate surface area is 199 Å². The van der Waals surface area contributed by atoms with Crippen LogP contribution in [-0.4, -0.2) is 44.1 Å². The molecule has 2 aromatic heterocycles. The summed E-state index contributed by atoms with van der Waals surface area (Å²) < 4.78 is 7.82. The maximum atomic E-state index is 10.7. The average Bonchev–Trinajstić information content (AvgIpc) is 3.51. The molecule has 0 atom stereocenters. The van der Waals surface area contributed by atoms with Crippen LogP contribution in [0.2, 0.25) is 0 Å². The van der Waals surface area contributed by atoms with Crippen molar-refractivity contribution >= 4 is 17.6 Å². The van der Waals surface area contributed by atoms with Crippen LogP contribution in [0.25, 0.3) is 11.6 Å². The van der Waals surface area contributed by atoms with Crippen LogP contribution in [-0.2, 0) is 37.1 Å². The van der Waals surface area contributed by atoms with Crippen LogP contribution in [0.1, 0.15) is 56.0 Å². The van der Waals surface area contributed by atoms with Gasteiger partial charge in [0.25, 0.3) is 11.8 Å². The van der Waals surface area contributed by atoms with Crippen molar-refractivity contribution in [1.29, 1.82) is 0 Å². The number of carboxylic acids is 1. The molecule has 0 saturated carbocycles. The van der Waals surface area contributed by atoms with Gasteiger partial charge in [-0.25, -0.2) is 0 Å². The highest BCUT2D eigenvalue weighted by Crippen LogP contribution is 2.40. The molecule has 1 aliphatic carbocycles. The van der Waals surface area contributed by atoms with Crippen LogP contribution in [0.15, 0.2) is 22.7 Å². The molecule has 0 saturated heterocycles. The Morgan fingerprint density at radius 1 is 1.29 bits per heavy atom. The van der Waals surface area contributed by atoms with Gasteiger partial charge < -0.3 is 19.8 Å². The van der Waals surface area contributed by atoms with E-state index >= 15 is 0 Å². The number of aromatic nitrogens is 4. The maximum Gasteiger partial charge on any atom is 0.304 e. The molecule has 34 heavy (non-hydrogen) atoms. The Bertz CT molecular complexity index is 1210. The van der Waals surface area contributed by atoms with Gasteiger partial charge in [0.2, 0.25) is 0 Å². The highest BCUT2D eigenvalue weighted by molar-refractivity contribution is 5.68. The second-order valence-corrected chi connectivity index (χ2v) is 10.0. The molecule has 3 heterocycles. The number of carboxylic acid groups (broad SMARTS) is 1. The third-order valence-electron chi connectivity index (χ3n) is 6.91. The third-order valence-corrected chi connectivity index (χ3v) is 6.91. The number of rotatable bonds is 8. The first-order valence-corrected chi connectivity index (χ1v) is 12.1. The number of hydrogen-bond donors (Lipinski definition) is 2. The summed E-state index contributed by atoms with van der Waals surface area (Å²) in [4.78, 5) is 17.5. The van der Waals surface area contributed by atoms with Gasteiger partial charge in [0.15, 0.2) is 5.69 Å². The minimum absolute atomic E-state index is 0.121. The molecule has 9 nitrogen and oxygen atoms in total. The largest absolute Gasteiger partial charge is 0.481 e. The molecular formula is C25H32N6O3. The quantitative estimate of drug-likeness (QED) is 0.486. The molecule has 0 unspecified atom stereocenters. The number of fused-ring (bicyclic) bond motifs is 2. The lowest BCUT2D eigenvalue weighted by molar-refractivity contribution is -0.136. The zero-order valence-electron chi connectivity index (χ0n) is 20.1. The van der Waals surface area contributed by atoms with E-state index < -0.39 is 5.97 Å². The molecule has 0 bridgehead atoms. The summed E-state index contributed by atoms with van der Waals surface area (Å²) >= 11 is 0. The zero-order chi connectivity index (χ0) is 23.9. The SMILES string of the molecule is CCn1nc(-c2nc(N3CCc4cc(CNCCC(=O)O)ccc43)no2)c2c1CC(C)(C)CC2. The fraction of sp³-hybridized carbons (Fsp3) is 0.520. The van der Waals surface area contributed by atoms with Crippen LogP contribution >= 0.6 is 0 Å². The maximum absolute atomic E-state index is 10.7. The van der Waals surface area contributed by atoms with Crippen molar-refractivity contribution in [2.75, 3.05) is 18.0 Å². The van der Waals surface area contributed by atoms with E-state index in [4.69, 9.17) is 19.7 Å². The van der Waals surface area contributed by atoms with E-state index in [-0.39, 0.29) is 11.8 Å². The standard InChI is InChI=1S/C25H32N6O3/c1-4-31-20-14-25(2,3)10-7-18(20)22(28-31)23-27-24(29-34-23)30-12-9-17-13-16(5-6-19(17)30)15-26-11-8-21(32)33/h5-6,13,26H,4,7-12,14-15H2,1-3H3,(H,32,33). The summed E-state index contributed by atoms with van der Waals surface area (Å²) in [5.41, 5.74) is 7.11. The number of nitrogens with one attached hydrogen (secondary N) is 1. The Kier molecular flexibility index (Phi) is 5.89. The van der Waals surface area contributed by atoms with Crippen LogP contribution in [0.3, 0.4) is 0 Å².